The average Bonchev–Trinajstić information content (AvgIpc) is 3.48. The number of carbonyl (C=O) groups is 3. The van der Waals surface area contributed by atoms with Gasteiger partial charge in [-0.1, -0.05) is 42.8 Å². The smallest absolute Gasteiger partial charge is 0.323 e. The van der Waals surface area contributed by atoms with Gasteiger partial charge in [-0.15, -0.1) is 0 Å². The van der Waals surface area contributed by atoms with Crippen molar-refractivity contribution in [2.45, 2.75) is 109 Å². The summed E-state index contributed by atoms with van der Waals surface area (Å²) in [7, 11) is 0. The van der Waals surface area contributed by atoms with Gasteiger partial charge >= 0.3 is 5.97 Å². The number of rotatable bonds is 13. The van der Waals surface area contributed by atoms with Crippen LogP contribution in [0.2, 0.25) is 0 Å². The van der Waals surface area contributed by atoms with E-state index in [1.807, 2.05) is 69.3 Å². The highest BCUT2D eigenvalue weighted by Gasteiger charge is 2.38. The molecule has 4 unspecified atom stereocenters. The van der Waals surface area contributed by atoms with E-state index in [9.17, 15) is 19.5 Å². The first-order valence-electron chi connectivity index (χ1n) is 15.8. The van der Waals surface area contributed by atoms with Crippen LogP contribution in [0, 0.1) is 0 Å². The molecule has 2 aromatic rings. The Morgan fingerprint density at radius 1 is 0.933 bits per heavy atom. The molecule has 11 heteroatoms. The Bertz CT molecular complexity index is 1260. The lowest BCUT2D eigenvalue weighted by Crippen LogP contribution is -2.45. The lowest BCUT2D eigenvalue weighted by Gasteiger charge is -2.38. The Morgan fingerprint density at radius 3 is 2.24 bits per heavy atom. The number of aliphatic hydroxyl groups is 1. The van der Waals surface area contributed by atoms with E-state index in [4.69, 9.17) is 19.4 Å². The molecule has 0 bridgehead atoms. The summed E-state index contributed by atoms with van der Waals surface area (Å²) >= 11 is 0. The van der Waals surface area contributed by atoms with Crippen molar-refractivity contribution in [1.82, 2.24) is 10.4 Å². The van der Waals surface area contributed by atoms with Crippen LogP contribution in [0.5, 0.6) is 0 Å². The number of anilines is 1. The van der Waals surface area contributed by atoms with Gasteiger partial charge in [0, 0.05) is 37.1 Å². The summed E-state index contributed by atoms with van der Waals surface area (Å²) in [4.78, 5) is 38.7. The molecule has 4 rings (SSSR count). The van der Waals surface area contributed by atoms with Crippen molar-refractivity contribution < 1.29 is 38.9 Å². The minimum absolute atomic E-state index is 0.0343. The molecule has 2 aliphatic rings. The quantitative estimate of drug-likeness (QED) is 0.105. The molecule has 0 aliphatic carbocycles. The molecule has 246 valence electrons. The summed E-state index contributed by atoms with van der Waals surface area (Å²) in [5.74, 6) is -0.744. The van der Waals surface area contributed by atoms with E-state index in [0.717, 1.165) is 36.1 Å². The largest absolute Gasteiger partial charge is 0.459 e. The number of carbonyl (C=O) groups excluding carboxylic acids is 3. The lowest BCUT2D eigenvalue weighted by atomic mass is 9.99. The van der Waals surface area contributed by atoms with Gasteiger partial charge in [0.05, 0.1) is 18.8 Å². The van der Waals surface area contributed by atoms with Gasteiger partial charge in [0.2, 0.25) is 11.8 Å². The van der Waals surface area contributed by atoms with E-state index in [2.05, 4.69) is 10.2 Å². The average molecular weight is 626 g/mol. The summed E-state index contributed by atoms with van der Waals surface area (Å²) in [6.07, 6.45) is 3.64. The first-order valence-corrected chi connectivity index (χ1v) is 15.8. The lowest BCUT2D eigenvalue weighted by molar-refractivity contribution is -0.253. The van der Waals surface area contributed by atoms with Crippen LogP contribution in [0.1, 0.15) is 101 Å². The van der Waals surface area contributed by atoms with E-state index in [1.54, 1.807) is 5.48 Å². The third kappa shape index (κ3) is 10.6. The number of amides is 2. The summed E-state index contributed by atoms with van der Waals surface area (Å²) < 4.78 is 18.7. The van der Waals surface area contributed by atoms with E-state index in [-0.39, 0.29) is 43.2 Å². The number of unbranched alkanes of at least 4 members (excludes halogenated alkanes) is 2. The molecule has 0 radical (unpaired) electrons. The Morgan fingerprint density at radius 2 is 1.60 bits per heavy atom. The van der Waals surface area contributed by atoms with Crippen LogP contribution in [-0.4, -0.2) is 63.8 Å². The zero-order valence-corrected chi connectivity index (χ0v) is 26.5. The maximum absolute atomic E-state index is 13.0. The van der Waals surface area contributed by atoms with Gasteiger partial charge in [-0.2, -0.15) is 0 Å². The molecule has 4 N–H and O–H groups in total. The molecule has 0 saturated carbocycles. The topological polar surface area (TPSA) is 147 Å². The van der Waals surface area contributed by atoms with Crippen LogP contribution < -0.4 is 10.8 Å². The number of esters is 1. The Labute approximate surface area is 265 Å². The van der Waals surface area contributed by atoms with Crippen LogP contribution in [0.3, 0.4) is 0 Å². The molecule has 0 spiro atoms. The van der Waals surface area contributed by atoms with E-state index in [1.165, 1.54) is 0 Å². The van der Waals surface area contributed by atoms with Gasteiger partial charge in [0.25, 0.3) is 0 Å². The summed E-state index contributed by atoms with van der Waals surface area (Å²) in [5, 5.41) is 21.0. The third-order valence-electron chi connectivity index (χ3n) is 7.99. The molecule has 2 heterocycles. The molecule has 2 saturated heterocycles. The zero-order chi connectivity index (χ0) is 32.4. The highest BCUT2D eigenvalue weighted by atomic mass is 16.7. The van der Waals surface area contributed by atoms with Crippen molar-refractivity contribution >= 4 is 23.5 Å². The Balaban J connectivity index is 1.40. The van der Waals surface area contributed by atoms with E-state index in [0.29, 0.717) is 44.3 Å². The molecular weight excluding hydrogens is 578 g/mol. The van der Waals surface area contributed by atoms with Crippen LogP contribution in [0.4, 0.5) is 5.69 Å². The highest BCUT2D eigenvalue weighted by Crippen LogP contribution is 2.39. The van der Waals surface area contributed by atoms with Crippen molar-refractivity contribution in [2.24, 2.45) is 0 Å². The van der Waals surface area contributed by atoms with Crippen LogP contribution in [-0.2, 0) is 35.2 Å². The predicted molar refractivity (Wildman–Crippen MR) is 167 cm³/mol. The number of hydroxylamine groups is 1. The number of ether oxygens (including phenoxy) is 3. The van der Waals surface area contributed by atoms with Crippen LogP contribution >= 0.6 is 0 Å². The molecular formula is C34H47N3O8. The minimum Gasteiger partial charge on any atom is -0.459 e. The molecule has 11 nitrogen and oxygen atoms in total. The molecule has 2 amide bonds. The maximum Gasteiger partial charge on any atom is 0.323 e. The van der Waals surface area contributed by atoms with Gasteiger partial charge in [-0.3, -0.25) is 24.5 Å². The first kappa shape index (κ1) is 34.5. The van der Waals surface area contributed by atoms with Crippen molar-refractivity contribution in [2.75, 3.05) is 18.4 Å². The van der Waals surface area contributed by atoms with Crippen LogP contribution in [0.15, 0.2) is 48.5 Å². The summed E-state index contributed by atoms with van der Waals surface area (Å²) in [5.41, 5.74) is 4.32. The SMILES string of the molecule is CC(C)(C)OC(=O)C1CCCN1CC1CC(c2ccc(CO)cc2)OC(c2ccc(NC(=O)CCCCCC(=O)NO)cc2)O1. The number of nitrogens with zero attached hydrogens (tertiary/aromatic N) is 1. The van der Waals surface area contributed by atoms with Gasteiger partial charge in [-0.25, -0.2) is 5.48 Å². The fourth-order valence-corrected chi connectivity index (χ4v) is 5.73. The zero-order valence-electron chi connectivity index (χ0n) is 26.5. The molecule has 2 aromatic carbocycles. The number of nitrogens with one attached hydrogen (secondary N) is 2. The number of benzene rings is 2. The van der Waals surface area contributed by atoms with Gasteiger partial charge in [-0.05, 0) is 76.3 Å². The van der Waals surface area contributed by atoms with E-state index < -0.39 is 17.8 Å². The van der Waals surface area contributed by atoms with E-state index >= 15 is 0 Å². The second-order valence-corrected chi connectivity index (χ2v) is 12.8. The van der Waals surface area contributed by atoms with Gasteiger partial charge in [0.15, 0.2) is 6.29 Å². The standard InChI is InChI=1S/C34H47N3O8/c1-34(2,3)45-32(41)28-8-7-19-37(28)21-27-20-29(24-13-11-23(22-38)12-14-24)44-33(43-27)25-15-17-26(18-16-25)35-30(39)9-5-4-6-10-31(40)36-42/h11-18,27-29,33,38,42H,4-10,19-22H2,1-3H3,(H,35,39)(H,36,40). The Kier molecular flexibility index (Phi) is 12.5. The van der Waals surface area contributed by atoms with Gasteiger partial charge < -0.3 is 24.6 Å². The fourth-order valence-electron chi connectivity index (χ4n) is 5.73. The second kappa shape index (κ2) is 16.3. The maximum atomic E-state index is 13.0. The fraction of sp³-hybridized carbons (Fsp3) is 0.559. The first-order chi connectivity index (χ1) is 21.5. The predicted octanol–water partition coefficient (Wildman–Crippen LogP) is 4.92. The summed E-state index contributed by atoms with van der Waals surface area (Å²) in [6, 6.07) is 14.8. The normalized spacial score (nSPS) is 22.2. The van der Waals surface area contributed by atoms with Crippen molar-refractivity contribution in [3.63, 3.8) is 0 Å². The number of hydrogen-bond acceptors (Lipinski definition) is 9. The molecule has 0 aromatic heterocycles. The second-order valence-electron chi connectivity index (χ2n) is 12.8. The molecule has 2 aliphatic heterocycles. The summed E-state index contributed by atoms with van der Waals surface area (Å²) in [6.45, 7) is 6.96. The Hall–Kier alpha value is -3.35. The van der Waals surface area contributed by atoms with Crippen molar-refractivity contribution in [1.29, 1.82) is 0 Å². The molecule has 4 atom stereocenters. The van der Waals surface area contributed by atoms with Crippen LogP contribution in [0.25, 0.3) is 0 Å². The monoisotopic (exact) mass is 625 g/mol. The molecule has 2 fully saturated rings. The number of aliphatic hydroxyl groups excluding tert-OH is 1. The van der Waals surface area contributed by atoms with Gasteiger partial charge in [0.1, 0.15) is 11.6 Å². The number of hydrogen-bond donors (Lipinski definition) is 4. The van der Waals surface area contributed by atoms with Crippen molar-refractivity contribution in [3.05, 3.63) is 65.2 Å². The van der Waals surface area contributed by atoms with Crippen molar-refractivity contribution in [3.8, 4) is 0 Å². The molecule has 45 heavy (non-hydrogen) atoms. The highest BCUT2D eigenvalue weighted by molar-refractivity contribution is 5.90. The third-order valence-corrected chi connectivity index (χ3v) is 7.99. The number of likely N-dealkylation sites (tertiary alicyclic amines) is 1. The minimum atomic E-state index is -0.658.